The van der Waals surface area contributed by atoms with Crippen LogP contribution in [0.3, 0.4) is 0 Å². The molecule has 0 amide bonds. The minimum absolute atomic E-state index is 0.000793. The first-order valence-corrected chi connectivity index (χ1v) is 11.5. The molecule has 3 aromatic carbocycles. The zero-order valence-electron chi connectivity index (χ0n) is 17.9. The van der Waals surface area contributed by atoms with E-state index in [4.69, 9.17) is 0 Å². The van der Waals surface area contributed by atoms with Gasteiger partial charge in [-0.3, -0.25) is 0 Å². The van der Waals surface area contributed by atoms with Crippen LogP contribution in [0.15, 0.2) is 73.2 Å². The zero-order valence-corrected chi connectivity index (χ0v) is 18.8. The van der Waals surface area contributed by atoms with Crippen molar-refractivity contribution in [1.29, 1.82) is 0 Å². The quantitative estimate of drug-likeness (QED) is 0.330. The number of hydrogen-bond donors (Lipinski definition) is 3. The predicted octanol–water partition coefficient (Wildman–Crippen LogP) is 5.08. The molecule has 4 rings (SSSR count). The van der Waals surface area contributed by atoms with E-state index in [1.54, 1.807) is 36.0 Å². The van der Waals surface area contributed by atoms with Crippen molar-refractivity contribution in [1.82, 2.24) is 9.55 Å². The number of nitrogens with one attached hydrogen (secondary N) is 1. The highest BCUT2D eigenvalue weighted by molar-refractivity contribution is 7.71. The fourth-order valence-electron chi connectivity index (χ4n) is 3.67. The molecule has 6 nitrogen and oxygen atoms in total. The van der Waals surface area contributed by atoms with Crippen molar-refractivity contribution in [3.05, 3.63) is 84.3 Å². The Morgan fingerprint density at radius 2 is 1.74 bits per heavy atom. The summed E-state index contributed by atoms with van der Waals surface area (Å²) in [6, 6.07) is 14.5. The predicted molar refractivity (Wildman–Crippen MR) is 125 cm³/mol. The third kappa shape index (κ3) is 4.91. The molecule has 10 heteroatoms. The number of thiol groups is 1. The second kappa shape index (κ2) is 9.22. The van der Waals surface area contributed by atoms with Gasteiger partial charge in [-0.15, -0.1) is 0 Å². The summed E-state index contributed by atoms with van der Waals surface area (Å²) in [5.41, 5.74) is 2.88. The van der Waals surface area contributed by atoms with Crippen LogP contribution in [0.4, 0.5) is 18.9 Å². The Balaban J connectivity index is 1.83. The minimum atomic E-state index is -4.52. The highest BCUT2D eigenvalue weighted by Gasteiger charge is 2.31. The molecule has 0 fully saturated rings. The number of phenols is 1. The number of benzene rings is 3. The fraction of sp³-hybridized carbons (Fsp3) is 0.125. The number of aromatic hydroxyl groups is 1. The van der Waals surface area contributed by atoms with Crippen LogP contribution in [-0.4, -0.2) is 30.1 Å². The molecule has 0 aliphatic heterocycles. The number of alkyl halides is 3. The van der Waals surface area contributed by atoms with Crippen molar-refractivity contribution in [3.8, 4) is 33.8 Å². The number of hydrogen-bond acceptors (Lipinski definition) is 5. The lowest BCUT2D eigenvalue weighted by Gasteiger charge is -2.13. The van der Waals surface area contributed by atoms with Gasteiger partial charge in [0.2, 0.25) is 0 Å². The molecule has 1 heterocycles. The normalized spacial score (nSPS) is 11.7. The van der Waals surface area contributed by atoms with E-state index in [2.05, 4.69) is 10.3 Å². The first-order chi connectivity index (χ1) is 16.2. The topological polar surface area (TPSA) is 84.2 Å². The fourth-order valence-corrected chi connectivity index (χ4v) is 4.16. The van der Waals surface area contributed by atoms with Gasteiger partial charge in [-0.2, -0.15) is 13.2 Å². The Bertz CT molecular complexity index is 1400. The number of phenolic OH excluding ortho intramolecular Hbond substituents is 1. The van der Waals surface area contributed by atoms with E-state index in [1.807, 2.05) is 0 Å². The summed E-state index contributed by atoms with van der Waals surface area (Å²) in [5.74, 6) is -0.113. The summed E-state index contributed by atoms with van der Waals surface area (Å²) in [7, 11) is -0.878. The monoisotopic (exact) mass is 487 g/mol. The highest BCUT2D eigenvalue weighted by atomic mass is 32.2. The van der Waals surface area contributed by atoms with E-state index in [0.29, 0.717) is 33.6 Å². The van der Waals surface area contributed by atoms with Crippen LogP contribution >= 0.6 is 0 Å². The molecule has 0 radical (unpaired) electrons. The molecular formula is C24H20F3N3O3S. The number of rotatable bonds is 6. The number of anilines is 1. The van der Waals surface area contributed by atoms with E-state index < -0.39 is 22.4 Å². The van der Waals surface area contributed by atoms with Crippen molar-refractivity contribution in [2.75, 3.05) is 12.4 Å². The van der Waals surface area contributed by atoms with Crippen LogP contribution in [0.25, 0.3) is 28.1 Å². The third-order valence-corrected chi connectivity index (χ3v) is 5.93. The van der Waals surface area contributed by atoms with Gasteiger partial charge in [-0.05, 0) is 53.1 Å². The standard InChI is InChI=1S/C24H20F3N3O3S/c1-28-21-9-2-15(13-34(32)33)10-23(21)30-12-22(29-14-30)19-8-5-17(24(25,26)27)11-20(19)16-3-6-18(31)7-4-16/h2-12,14,28,31,34H,13H2,1H3. The van der Waals surface area contributed by atoms with Crippen molar-refractivity contribution < 1.29 is 26.7 Å². The second-order valence-corrected chi connectivity index (χ2v) is 8.55. The molecule has 0 spiro atoms. The molecule has 0 bridgehead atoms. The lowest BCUT2D eigenvalue weighted by atomic mass is 9.95. The average Bonchev–Trinajstić information content (AvgIpc) is 3.28. The summed E-state index contributed by atoms with van der Waals surface area (Å²) in [4.78, 5) is 4.41. The SMILES string of the molecule is CNc1ccc(C[SH](=O)=O)cc1-n1cnc(-c2ccc(C(F)(F)F)cc2-c2ccc(O)cc2)c1. The molecular weight excluding hydrogens is 467 g/mol. The van der Waals surface area contributed by atoms with Gasteiger partial charge in [-0.25, -0.2) is 13.4 Å². The Kier molecular flexibility index (Phi) is 6.34. The lowest BCUT2D eigenvalue weighted by Crippen LogP contribution is -2.05. The Hall–Kier alpha value is -3.79. The average molecular weight is 488 g/mol. The van der Waals surface area contributed by atoms with Gasteiger partial charge in [0.05, 0.1) is 34.7 Å². The molecule has 34 heavy (non-hydrogen) atoms. The maximum absolute atomic E-state index is 13.4. The van der Waals surface area contributed by atoms with Gasteiger partial charge in [0, 0.05) is 18.8 Å². The van der Waals surface area contributed by atoms with Gasteiger partial charge in [-0.1, -0.05) is 24.3 Å². The van der Waals surface area contributed by atoms with E-state index in [-0.39, 0.29) is 11.5 Å². The number of imidazole rings is 1. The van der Waals surface area contributed by atoms with Crippen LogP contribution in [0.1, 0.15) is 11.1 Å². The zero-order chi connectivity index (χ0) is 24.5. The minimum Gasteiger partial charge on any atom is -0.508 e. The smallest absolute Gasteiger partial charge is 0.416 e. The summed E-state index contributed by atoms with van der Waals surface area (Å²) in [6.07, 6.45) is -1.33. The largest absolute Gasteiger partial charge is 0.508 e. The van der Waals surface area contributed by atoms with E-state index in [1.165, 1.54) is 36.7 Å². The van der Waals surface area contributed by atoms with E-state index in [9.17, 15) is 26.7 Å². The first-order valence-electron chi connectivity index (χ1n) is 10.1. The van der Waals surface area contributed by atoms with Gasteiger partial charge in [0.15, 0.2) is 0 Å². The summed E-state index contributed by atoms with van der Waals surface area (Å²) in [5, 5.41) is 12.6. The summed E-state index contributed by atoms with van der Waals surface area (Å²) >= 11 is 0. The van der Waals surface area contributed by atoms with Crippen LogP contribution < -0.4 is 5.32 Å². The molecule has 0 saturated carbocycles. The Morgan fingerprint density at radius 3 is 2.38 bits per heavy atom. The highest BCUT2D eigenvalue weighted by Crippen LogP contribution is 2.38. The molecule has 4 aromatic rings. The molecule has 176 valence electrons. The Labute approximate surface area is 195 Å². The number of aromatic nitrogens is 2. The van der Waals surface area contributed by atoms with Crippen LogP contribution in [-0.2, 0) is 22.6 Å². The second-order valence-electron chi connectivity index (χ2n) is 7.56. The van der Waals surface area contributed by atoms with Crippen LogP contribution in [0, 0.1) is 0 Å². The van der Waals surface area contributed by atoms with Crippen molar-refractivity contribution in [3.63, 3.8) is 0 Å². The summed E-state index contributed by atoms with van der Waals surface area (Å²) < 4.78 is 64.2. The molecule has 0 saturated heterocycles. The van der Waals surface area contributed by atoms with Gasteiger partial charge < -0.3 is 15.0 Å². The molecule has 0 atom stereocenters. The lowest BCUT2D eigenvalue weighted by molar-refractivity contribution is -0.137. The van der Waals surface area contributed by atoms with Gasteiger partial charge >= 0.3 is 6.18 Å². The van der Waals surface area contributed by atoms with Gasteiger partial charge in [0.1, 0.15) is 16.5 Å². The van der Waals surface area contributed by atoms with Crippen LogP contribution in [0.5, 0.6) is 5.75 Å². The summed E-state index contributed by atoms with van der Waals surface area (Å²) in [6.45, 7) is 0. The number of halogens is 3. The van der Waals surface area contributed by atoms with Gasteiger partial charge in [0.25, 0.3) is 0 Å². The maximum Gasteiger partial charge on any atom is 0.416 e. The molecule has 0 unspecified atom stereocenters. The molecule has 2 N–H and O–H groups in total. The van der Waals surface area contributed by atoms with Crippen LogP contribution in [0.2, 0.25) is 0 Å². The van der Waals surface area contributed by atoms with E-state index in [0.717, 1.165) is 17.8 Å². The molecule has 0 aliphatic carbocycles. The maximum atomic E-state index is 13.4. The van der Waals surface area contributed by atoms with Crippen molar-refractivity contribution in [2.24, 2.45) is 0 Å². The van der Waals surface area contributed by atoms with Crippen molar-refractivity contribution >= 4 is 16.4 Å². The number of nitrogens with zero attached hydrogens (tertiary/aromatic N) is 2. The van der Waals surface area contributed by atoms with E-state index >= 15 is 0 Å². The Morgan fingerprint density at radius 1 is 1.00 bits per heavy atom. The molecule has 1 aromatic heterocycles. The third-order valence-electron chi connectivity index (χ3n) is 5.31. The first kappa shape index (κ1) is 23.4. The van der Waals surface area contributed by atoms with Crippen molar-refractivity contribution in [2.45, 2.75) is 11.9 Å². The molecule has 0 aliphatic rings.